The van der Waals surface area contributed by atoms with Gasteiger partial charge >= 0.3 is 0 Å². The summed E-state index contributed by atoms with van der Waals surface area (Å²) >= 11 is 0. The first-order valence-electron chi connectivity index (χ1n) is 8.79. The first kappa shape index (κ1) is 19.5. The van der Waals surface area contributed by atoms with Crippen LogP contribution < -0.4 is 15.4 Å². The first-order valence-corrected chi connectivity index (χ1v) is 10.3. The summed E-state index contributed by atoms with van der Waals surface area (Å²) in [4.78, 5) is 12.0. The van der Waals surface area contributed by atoms with Crippen LogP contribution in [-0.4, -0.2) is 34.0 Å². The lowest BCUT2D eigenvalue weighted by atomic mass is 9.94. The van der Waals surface area contributed by atoms with E-state index in [-0.39, 0.29) is 29.8 Å². The van der Waals surface area contributed by atoms with Crippen LogP contribution in [0.1, 0.15) is 23.6 Å². The Hall–Kier alpha value is -2.29. The third-order valence-electron chi connectivity index (χ3n) is 4.49. The summed E-state index contributed by atoms with van der Waals surface area (Å²) in [6.45, 7) is 1.27. The van der Waals surface area contributed by atoms with E-state index in [1.165, 1.54) is 23.3 Å². The number of halogens is 1. The zero-order valence-electron chi connectivity index (χ0n) is 14.7. The van der Waals surface area contributed by atoms with Crippen LogP contribution in [0, 0.1) is 5.82 Å². The molecule has 0 saturated carbocycles. The van der Waals surface area contributed by atoms with E-state index in [2.05, 4.69) is 27.5 Å². The van der Waals surface area contributed by atoms with Crippen LogP contribution >= 0.6 is 0 Å². The fourth-order valence-electron chi connectivity index (χ4n) is 3.08. The van der Waals surface area contributed by atoms with Crippen LogP contribution in [0.3, 0.4) is 0 Å². The standard InChI is InChI=1S/C19H22FN3O3S/c20-15-5-7-16(8-6-15)27(25,26)23-12-10-19(24)22-13-18-17-4-2-1-3-14(17)9-11-21-18/h1-8,18,21,23H,9-13H2,(H,22,24). The number of hydrogen-bond acceptors (Lipinski definition) is 4. The fraction of sp³-hybridized carbons (Fsp3) is 0.316. The third-order valence-corrected chi connectivity index (χ3v) is 5.96. The molecule has 1 unspecified atom stereocenters. The van der Waals surface area contributed by atoms with Gasteiger partial charge < -0.3 is 10.6 Å². The van der Waals surface area contributed by atoms with Crippen molar-refractivity contribution in [3.05, 3.63) is 65.5 Å². The highest BCUT2D eigenvalue weighted by Crippen LogP contribution is 2.21. The van der Waals surface area contributed by atoms with E-state index in [9.17, 15) is 17.6 Å². The minimum atomic E-state index is -3.76. The van der Waals surface area contributed by atoms with E-state index in [4.69, 9.17) is 0 Å². The Morgan fingerprint density at radius 3 is 2.67 bits per heavy atom. The van der Waals surface area contributed by atoms with Gasteiger partial charge in [-0.25, -0.2) is 17.5 Å². The summed E-state index contributed by atoms with van der Waals surface area (Å²) in [5, 5.41) is 6.22. The average Bonchev–Trinajstić information content (AvgIpc) is 2.66. The molecule has 144 valence electrons. The Morgan fingerprint density at radius 1 is 1.15 bits per heavy atom. The molecule has 6 nitrogen and oxygen atoms in total. The highest BCUT2D eigenvalue weighted by Gasteiger charge is 2.20. The van der Waals surface area contributed by atoms with Gasteiger partial charge in [-0.1, -0.05) is 24.3 Å². The number of rotatable bonds is 7. The van der Waals surface area contributed by atoms with Crippen LogP contribution in [0.4, 0.5) is 4.39 Å². The van der Waals surface area contributed by atoms with Gasteiger partial charge in [0.1, 0.15) is 5.82 Å². The lowest BCUT2D eigenvalue weighted by Gasteiger charge is -2.27. The summed E-state index contributed by atoms with van der Waals surface area (Å²) in [5.41, 5.74) is 2.46. The van der Waals surface area contributed by atoms with Gasteiger partial charge in [0.2, 0.25) is 15.9 Å². The molecule has 2 aromatic rings. The molecule has 8 heteroatoms. The Balaban J connectivity index is 1.46. The van der Waals surface area contributed by atoms with Gasteiger partial charge in [-0.2, -0.15) is 0 Å². The van der Waals surface area contributed by atoms with Crippen LogP contribution in [0.2, 0.25) is 0 Å². The molecular weight excluding hydrogens is 369 g/mol. The topological polar surface area (TPSA) is 87.3 Å². The third kappa shape index (κ3) is 5.12. The number of carbonyl (C=O) groups is 1. The molecule has 0 fully saturated rings. The molecule has 0 aromatic heterocycles. The van der Waals surface area contributed by atoms with Gasteiger partial charge in [0.05, 0.1) is 4.90 Å². The number of hydrogen-bond donors (Lipinski definition) is 3. The molecule has 0 radical (unpaired) electrons. The van der Waals surface area contributed by atoms with E-state index in [1.54, 1.807) is 0 Å². The Morgan fingerprint density at radius 2 is 1.89 bits per heavy atom. The molecule has 2 aromatic carbocycles. The SMILES string of the molecule is O=C(CCNS(=O)(=O)c1ccc(F)cc1)NCC1NCCc2ccccc21. The molecular formula is C19H22FN3O3S. The highest BCUT2D eigenvalue weighted by atomic mass is 32.2. The maximum absolute atomic E-state index is 12.9. The van der Waals surface area contributed by atoms with Gasteiger partial charge in [0.25, 0.3) is 0 Å². The van der Waals surface area contributed by atoms with E-state index < -0.39 is 15.8 Å². The van der Waals surface area contributed by atoms with Crippen molar-refractivity contribution >= 4 is 15.9 Å². The number of amides is 1. The highest BCUT2D eigenvalue weighted by molar-refractivity contribution is 7.89. The quantitative estimate of drug-likeness (QED) is 0.668. The predicted octanol–water partition coefficient (Wildman–Crippen LogP) is 1.50. The zero-order chi connectivity index (χ0) is 19.3. The Bertz CT molecular complexity index is 901. The summed E-state index contributed by atoms with van der Waals surface area (Å²) in [6.07, 6.45) is 0.987. The van der Waals surface area contributed by atoms with Gasteiger partial charge in [-0.15, -0.1) is 0 Å². The molecule has 0 bridgehead atoms. The predicted molar refractivity (Wildman–Crippen MR) is 100 cm³/mol. The van der Waals surface area contributed by atoms with Crippen LogP contribution in [0.15, 0.2) is 53.4 Å². The molecule has 0 spiro atoms. The van der Waals surface area contributed by atoms with Gasteiger partial charge in [-0.3, -0.25) is 4.79 Å². The largest absolute Gasteiger partial charge is 0.354 e. The lowest BCUT2D eigenvalue weighted by Crippen LogP contribution is -2.39. The Kier molecular flexibility index (Phi) is 6.20. The van der Waals surface area contributed by atoms with Crippen molar-refractivity contribution in [3.63, 3.8) is 0 Å². The monoisotopic (exact) mass is 391 g/mol. The van der Waals surface area contributed by atoms with Crippen LogP contribution in [-0.2, 0) is 21.2 Å². The molecule has 27 heavy (non-hydrogen) atoms. The minimum absolute atomic E-state index is 0.0226. The zero-order valence-corrected chi connectivity index (χ0v) is 15.6. The second-order valence-electron chi connectivity index (χ2n) is 6.36. The second kappa shape index (κ2) is 8.60. The minimum Gasteiger partial charge on any atom is -0.354 e. The van der Waals surface area contributed by atoms with Gasteiger partial charge in [0, 0.05) is 25.6 Å². The normalized spacial score (nSPS) is 16.6. The van der Waals surface area contributed by atoms with Crippen molar-refractivity contribution in [2.75, 3.05) is 19.6 Å². The first-order chi connectivity index (χ1) is 13.0. The summed E-state index contributed by atoms with van der Waals surface area (Å²) in [6, 6.07) is 12.7. The molecule has 3 N–H and O–H groups in total. The number of benzene rings is 2. The van der Waals surface area contributed by atoms with Crippen molar-refractivity contribution in [3.8, 4) is 0 Å². The number of carbonyl (C=O) groups excluding carboxylic acids is 1. The molecule has 1 aliphatic heterocycles. The molecule has 0 saturated heterocycles. The van der Waals surface area contributed by atoms with Gasteiger partial charge in [0.15, 0.2) is 0 Å². The smallest absolute Gasteiger partial charge is 0.240 e. The van der Waals surface area contributed by atoms with Crippen molar-refractivity contribution in [2.45, 2.75) is 23.8 Å². The molecule has 1 aliphatic rings. The summed E-state index contributed by atoms with van der Waals surface area (Å²) in [7, 11) is -3.76. The van der Waals surface area contributed by atoms with Gasteiger partial charge in [-0.05, 0) is 48.4 Å². The average molecular weight is 391 g/mol. The maximum Gasteiger partial charge on any atom is 0.240 e. The molecule has 1 atom stereocenters. The van der Waals surface area contributed by atoms with Crippen LogP contribution in [0.5, 0.6) is 0 Å². The van der Waals surface area contributed by atoms with Crippen molar-refractivity contribution in [1.82, 2.24) is 15.4 Å². The van der Waals surface area contributed by atoms with Crippen molar-refractivity contribution < 1.29 is 17.6 Å². The van der Waals surface area contributed by atoms with Crippen molar-refractivity contribution in [2.24, 2.45) is 0 Å². The Labute approximate surface area is 158 Å². The molecule has 0 aliphatic carbocycles. The van der Waals surface area contributed by atoms with E-state index in [0.29, 0.717) is 6.54 Å². The molecule has 1 heterocycles. The van der Waals surface area contributed by atoms with Crippen LogP contribution in [0.25, 0.3) is 0 Å². The number of sulfonamides is 1. The molecule has 3 rings (SSSR count). The number of fused-ring (bicyclic) bond motifs is 1. The maximum atomic E-state index is 12.9. The van der Waals surface area contributed by atoms with E-state index in [1.807, 2.05) is 12.1 Å². The van der Waals surface area contributed by atoms with E-state index >= 15 is 0 Å². The molecule has 1 amide bonds. The van der Waals surface area contributed by atoms with E-state index in [0.717, 1.165) is 25.1 Å². The summed E-state index contributed by atoms with van der Waals surface area (Å²) in [5.74, 6) is -0.743. The fourth-order valence-corrected chi connectivity index (χ4v) is 4.11. The van der Waals surface area contributed by atoms with Crippen molar-refractivity contribution in [1.29, 1.82) is 0 Å². The second-order valence-corrected chi connectivity index (χ2v) is 8.13. The number of nitrogens with one attached hydrogen (secondary N) is 3. The lowest BCUT2D eigenvalue weighted by molar-refractivity contribution is -0.121. The summed E-state index contributed by atoms with van der Waals surface area (Å²) < 4.78 is 39.4.